The van der Waals surface area contributed by atoms with E-state index in [0.717, 1.165) is 6.42 Å². The van der Waals surface area contributed by atoms with Crippen LogP contribution in [0.15, 0.2) is 24.3 Å². The van der Waals surface area contributed by atoms with Crippen molar-refractivity contribution in [3.05, 3.63) is 34.4 Å². The standard InChI is InChI=1S/C13H19N3O4/c1-3-8-15-13(2,12(14)17)9-20-11-6-4-10(5-7-11)16(18)19/h4-7,15H,3,8-9H2,1-2H3,(H2,14,17). The van der Waals surface area contributed by atoms with E-state index in [9.17, 15) is 14.9 Å². The third-order valence-electron chi connectivity index (χ3n) is 2.88. The third kappa shape index (κ3) is 4.20. The fourth-order valence-electron chi connectivity index (χ4n) is 1.50. The van der Waals surface area contributed by atoms with Gasteiger partial charge in [0.25, 0.3) is 5.69 Å². The lowest BCUT2D eigenvalue weighted by Gasteiger charge is -2.27. The maximum absolute atomic E-state index is 11.5. The van der Waals surface area contributed by atoms with Gasteiger partial charge < -0.3 is 15.8 Å². The van der Waals surface area contributed by atoms with Gasteiger partial charge in [-0.15, -0.1) is 0 Å². The highest BCUT2D eigenvalue weighted by Crippen LogP contribution is 2.18. The molecule has 7 heteroatoms. The minimum absolute atomic E-state index is 0.0147. The summed E-state index contributed by atoms with van der Waals surface area (Å²) in [7, 11) is 0. The van der Waals surface area contributed by atoms with Gasteiger partial charge in [0.15, 0.2) is 0 Å². The fourth-order valence-corrected chi connectivity index (χ4v) is 1.50. The number of hydrogen-bond donors (Lipinski definition) is 2. The van der Waals surface area contributed by atoms with Gasteiger partial charge in [0.05, 0.1) is 4.92 Å². The molecule has 0 spiro atoms. The number of rotatable bonds is 8. The van der Waals surface area contributed by atoms with E-state index in [4.69, 9.17) is 10.5 Å². The Morgan fingerprint density at radius 3 is 2.50 bits per heavy atom. The Hall–Kier alpha value is -2.15. The number of hydrogen-bond acceptors (Lipinski definition) is 5. The number of nitrogens with two attached hydrogens (primary N) is 1. The second-order valence-electron chi connectivity index (χ2n) is 4.66. The second kappa shape index (κ2) is 6.85. The number of benzene rings is 1. The molecule has 110 valence electrons. The van der Waals surface area contributed by atoms with E-state index in [2.05, 4.69) is 5.32 Å². The molecule has 1 aromatic carbocycles. The largest absolute Gasteiger partial charge is 0.491 e. The summed E-state index contributed by atoms with van der Waals surface area (Å²) in [6.45, 7) is 4.34. The molecule has 1 atom stereocenters. The first kappa shape index (κ1) is 15.9. The van der Waals surface area contributed by atoms with Crippen LogP contribution in [0.25, 0.3) is 0 Å². The van der Waals surface area contributed by atoms with Crippen molar-refractivity contribution in [1.29, 1.82) is 0 Å². The van der Waals surface area contributed by atoms with Gasteiger partial charge in [-0.25, -0.2) is 0 Å². The summed E-state index contributed by atoms with van der Waals surface area (Å²) in [6, 6.07) is 5.66. The molecule has 0 saturated carbocycles. The van der Waals surface area contributed by atoms with Crippen LogP contribution in [-0.4, -0.2) is 29.5 Å². The molecule has 0 saturated heterocycles. The lowest BCUT2D eigenvalue weighted by atomic mass is 10.0. The predicted octanol–water partition coefficient (Wildman–Crippen LogP) is 1.22. The van der Waals surface area contributed by atoms with Crippen molar-refractivity contribution in [2.24, 2.45) is 5.73 Å². The lowest BCUT2D eigenvalue weighted by molar-refractivity contribution is -0.384. The minimum Gasteiger partial charge on any atom is -0.491 e. The molecule has 0 aliphatic heterocycles. The zero-order valence-corrected chi connectivity index (χ0v) is 11.6. The first-order valence-corrected chi connectivity index (χ1v) is 6.31. The van der Waals surface area contributed by atoms with E-state index in [1.165, 1.54) is 24.3 Å². The van der Waals surface area contributed by atoms with Crippen LogP contribution in [0.5, 0.6) is 5.75 Å². The Balaban J connectivity index is 2.67. The Morgan fingerprint density at radius 2 is 2.05 bits per heavy atom. The maximum Gasteiger partial charge on any atom is 0.269 e. The Morgan fingerprint density at radius 1 is 1.45 bits per heavy atom. The average molecular weight is 281 g/mol. The van der Waals surface area contributed by atoms with Crippen molar-refractivity contribution in [3.8, 4) is 5.75 Å². The van der Waals surface area contributed by atoms with Crippen LogP contribution in [0.1, 0.15) is 20.3 Å². The summed E-state index contributed by atoms with van der Waals surface area (Å²) in [5.74, 6) is -0.0609. The van der Waals surface area contributed by atoms with Crippen molar-refractivity contribution in [2.45, 2.75) is 25.8 Å². The molecular weight excluding hydrogens is 262 g/mol. The molecule has 1 unspecified atom stereocenters. The normalized spacial score (nSPS) is 13.5. The monoisotopic (exact) mass is 281 g/mol. The molecular formula is C13H19N3O4. The van der Waals surface area contributed by atoms with Gasteiger partial charge in [0.2, 0.25) is 5.91 Å². The number of ether oxygens (including phenoxy) is 1. The summed E-state index contributed by atoms with van der Waals surface area (Å²) in [5, 5.41) is 13.6. The molecule has 0 heterocycles. The van der Waals surface area contributed by atoms with E-state index in [-0.39, 0.29) is 12.3 Å². The number of carbonyl (C=O) groups is 1. The van der Waals surface area contributed by atoms with Crippen LogP contribution < -0.4 is 15.8 Å². The summed E-state index contributed by atoms with van der Waals surface area (Å²) in [5.41, 5.74) is 4.38. The number of nitrogens with zero attached hydrogens (tertiary/aromatic N) is 1. The summed E-state index contributed by atoms with van der Waals surface area (Å²) in [4.78, 5) is 21.5. The van der Waals surface area contributed by atoms with Crippen molar-refractivity contribution in [1.82, 2.24) is 5.32 Å². The number of carbonyl (C=O) groups excluding carboxylic acids is 1. The number of nitro benzene ring substituents is 1. The summed E-state index contributed by atoms with van der Waals surface area (Å²) >= 11 is 0. The molecule has 0 radical (unpaired) electrons. The van der Waals surface area contributed by atoms with Crippen LogP contribution in [0.3, 0.4) is 0 Å². The van der Waals surface area contributed by atoms with Crippen LogP contribution >= 0.6 is 0 Å². The van der Waals surface area contributed by atoms with Gasteiger partial charge in [-0.05, 0) is 32.0 Å². The smallest absolute Gasteiger partial charge is 0.269 e. The quantitative estimate of drug-likeness (QED) is 0.550. The van der Waals surface area contributed by atoms with Gasteiger partial charge in [-0.2, -0.15) is 0 Å². The Kier molecular flexibility index (Phi) is 5.45. The van der Waals surface area contributed by atoms with Crippen LogP contribution in [0, 0.1) is 10.1 Å². The highest BCUT2D eigenvalue weighted by molar-refractivity contribution is 5.84. The summed E-state index contributed by atoms with van der Waals surface area (Å²) in [6.07, 6.45) is 0.862. The molecule has 0 aliphatic rings. The molecule has 1 aromatic rings. The number of primary amides is 1. The minimum atomic E-state index is -0.974. The number of amides is 1. The molecule has 3 N–H and O–H groups in total. The SMILES string of the molecule is CCCNC(C)(COc1ccc([N+](=O)[O-])cc1)C(N)=O. The van der Waals surface area contributed by atoms with Crippen molar-refractivity contribution in [2.75, 3.05) is 13.2 Å². The highest BCUT2D eigenvalue weighted by atomic mass is 16.6. The zero-order valence-electron chi connectivity index (χ0n) is 11.6. The second-order valence-corrected chi connectivity index (χ2v) is 4.66. The first-order chi connectivity index (χ1) is 9.39. The zero-order chi connectivity index (χ0) is 15.2. The number of nitrogens with one attached hydrogen (secondary N) is 1. The van der Waals surface area contributed by atoms with E-state index < -0.39 is 16.4 Å². The van der Waals surface area contributed by atoms with Crippen molar-refractivity contribution >= 4 is 11.6 Å². The molecule has 7 nitrogen and oxygen atoms in total. The highest BCUT2D eigenvalue weighted by Gasteiger charge is 2.31. The van der Waals surface area contributed by atoms with Crippen LogP contribution in [0.4, 0.5) is 5.69 Å². The summed E-state index contributed by atoms with van der Waals surface area (Å²) < 4.78 is 5.48. The Labute approximate surface area is 117 Å². The van der Waals surface area contributed by atoms with Crippen molar-refractivity contribution in [3.63, 3.8) is 0 Å². The molecule has 1 amide bonds. The number of non-ortho nitro benzene ring substituents is 1. The topological polar surface area (TPSA) is 107 Å². The van der Waals surface area contributed by atoms with Gasteiger partial charge >= 0.3 is 0 Å². The molecule has 0 bridgehead atoms. The van der Waals surface area contributed by atoms with Crippen LogP contribution in [-0.2, 0) is 4.79 Å². The molecule has 0 aromatic heterocycles. The number of nitro groups is 1. The van der Waals surface area contributed by atoms with Crippen LogP contribution in [0.2, 0.25) is 0 Å². The van der Waals surface area contributed by atoms with Gasteiger partial charge in [-0.1, -0.05) is 6.92 Å². The first-order valence-electron chi connectivity index (χ1n) is 6.31. The Bertz CT molecular complexity index is 475. The molecule has 1 rings (SSSR count). The average Bonchev–Trinajstić information content (AvgIpc) is 2.43. The van der Waals surface area contributed by atoms with E-state index in [1.54, 1.807) is 6.92 Å². The molecule has 20 heavy (non-hydrogen) atoms. The molecule has 0 fully saturated rings. The fraction of sp³-hybridized carbons (Fsp3) is 0.462. The van der Waals surface area contributed by atoms with Crippen molar-refractivity contribution < 1.29 is 14.5 Å². The van der Waals surface area contributed by atoms with Gasteiger partial charge in [0.1, 0.15) is 17.9 Å². The molecule has 0 aliphatic carbocycles. The van der Waals surface area contributed by atoms with E-state index in [1.807, 2.05) is 6.92 Å². The van der Waals surface area contributed by atoms with E-state index in [0.29, 0.717) is 12.3 Å². The van der Waals surface area contributed by atoms with Gasteiger partial charge in [0, 0.05) is 12.1 Å². The van der Waals surface area contributed by atoms with E-state index >= 15 is 0 Å². The predicted molar refractivity (Wildman–Crippen MR) is 74.5 cm³/mol. The lowest BCUT2D eigenvalue weighted by Crippen LogP contribution is -2.57. The van der Waals surface area contributed by atoms with Gasteiger partial charge in [-0.3, -0.25) is 14.9 Å². The third-order valence-corrected chi connectivity index (χ3v) is 2.88. The maximum atomic E-state index is 11.5.